The van der Waals surface area contributed by atoms with Crippen molar-refractivity contribution in [2.75, 3.05) is 13.7 Å². The van der Waals surface area contributed by atoms with E-state index in [0.29, 0.717) is 27.9 Å². The summed E-state index contributed by atoms with van der Waals surface area (Å²) in [7, 11) is 3.11. The topological polar surface area (TPSA) is 57.5 Å². The maximum atomic E-state index is 13.4. The summed E-state index contributed by atoms with van der Waals surface area (Å²) in [4.78, 5) is 25.7. The van der Waals surface area contributed by atoms with E-state index in [1.807, 2.05) is 13.8 Å². The number of pyridine rings is 1. The summed E-state index contributed by atoms with van der Waals surface area (Å²) >= 11 is 0. The summed E-state index contributed by atoms with van der Waals surface area (Å²) in [6.45, 7) is 5.78. The molecule has 0 N–H and O–H groups in total. The fraction of sp³-hybridized carbons (Fsp3) is 0.400. The summed E-state index contributed by atoms with van der Waals surface area (Å²) in [6, 6.07) is 5.70. The first kappa shape index (κ1) is 19.8. The van der Waals surface area contributed by atoms with Crippen LogP contribution < -0.4 is 5.56 Å². The van der Waals surface area contributed by atoms with Gasteiger partial charge < -0.3 is 14.0 Å². The van der Waals surface area contributed by atoms with Crippen LogP contribution in [0.4, 0.5) is 4.39 Å². The molecule has 0 aliphatic heterocycles. The number of benzene rings is 1. The molecule has 1 aromatic carbocycles. The molecular formula is C20H24FNO4. The number of methoxy groups -OCH3 is 1. The number of ether oxygens (including phenoxy) is 2. The van der Waals surface area contributed by atoms with E-state index in [9.17, 15) is 14.0 Å². The number of aromatic nitrogens is 1. The van der Waals surface area contributed by atoms with Gasteiger partial charge >= 0.3 is 5.97 Å². The number of nitrogens with zero attached hydrogens (tertiary/aromatic N) is 1. The van der Waals surface area contributed by atoms with Crippen LogP contribution in [-0.2, 0) is 23.1 Å². The first-order valence-electron chi connectivity index (χ1n) is 8.51. The second-order valence-corrected chi connectivity index (χ2v) is 6.29. The molecule has 1 aromatic heterocycles. The standard InChI is InChI=1S/C20H24FNO4/c1-6-26-20(24)17-16(13-7-9-14(21)10-8-13)15(11-25-5)19(23)22(4)18(17)12(2)3/h7-10,12H,6,11H2,1-5H3. The van der Waals surface area contributed by atoms with Crippen molar-refractivity contribution < 1.29 is 18.7 Å². The van der Waals surface area contributed by atoms with E-state index in [-0.39, 0.29) is 24.7 Å². The highest BCUT2D eigenvalue weighted by Crippen LogP contribution is 2.32. The van der Waals surface area contributed by atoms with Crippen molar-refractivity contribution in [3.8, 4) is 11.1 Å². The van der Waals surface area contributed by atoms with Gasteiger partial charge in [0.05, 0.1) is 24.3 Å². The van der Waals surface area contributed by atoms with Crippen LogP contribution in [0, 0.1) is 5.82 Å². The monoisotopic (exact) mass is 361 g/mol. The van der Waals surface area contributed by atoms with E-state index in [1.54, 1.807) is 26.1 Å². The van der Waals surface area contributed by atoms with E-state index < -0.39 is 11.8 Å². The summed E-state index contributed by atoms with van der Waals surface area (Å²) in [5, 5.41) is 0. The van der Waals surface area contributed by atoms with E-state index in [1.165, 1.54) is 23.8 Å². The quantitative estimate of drug-likeness (QED) is 0.737. The Labute approximate surface area is 152 Å². The molecule has 0 fully saturated rings. The first-order valence-corrected chi connectivity index (χ1v) is 8.51. The number of carbonyl (C=O) groups excluding carboxylic acids is 1. The summed E-state index contributed by atoms with van der Waals surface area (Å²) < 4.78 is 25.3. The van der Waals surface area contributed by atoms with Gasteiger partial charge in [0, 0.05) is 25.4 Å². The van der Waals surface area contributed by atoms with Gasteiger partial charge in [-0.25, -0.2) is 9.18 Å². The van der Waals surface area contributed by atoms with E-state index in [0.717, 1.165) is 0 Å². The van der Waals surface area contributed by atoms with Gasteiger partial charge in [-0.1, -0.05) is 26.0 Å². The predicted octanol–water partition coefficient (Wildman–Crippen LogP) is 3.64. The van der Waals surface area contributed by atoms with Crippen molar-refractivity contribution in [3.63, 3.8) is 0 Å². The Morgan fingerprint density at radius 1 is 1.23 bits per heavy atom. The Kier molecular flexibility index (Phi) is 6.32. The minimum absolute atomic E-state index is 0.0319. The molecule has 0 radical (unpaired) electrons. The third-order valence-electron chi connectivity index (χ3n) is 4.18. The van der Waals surface area contributed by atoms with Gasteiger partial charge in [0.2, 0.25) is 0 Å². The Morgan fingerprint density at radius 3 is 2.35 bits per heavy atom. The van der Waals surface area contributed by atoms with Gasteiger partial charge in [-0.3, -0.25) is 4.79 Å². The Bertz CT molecular complexity index is 854. The minimum atomic E-state index is -0.511. The average Bonchev–Trinajstić information content (AvgIpc) is 2.59. The summed E-state index contributed by atoms with van der Waals surface area (Å²) in [6.07, 6.45) is 0. The van der Waals surface area contributed by atoms with Crippen LogP contribution >= 0.6 is 0 Å². The van der Waals surface area contributed by atoms with Gasteiger partial charge in [0.1, 0.15) is 5.82 Å². The Hall–Kier alpha value is -2.47. The average molecular weight is 361 g/mol. The van der Waals surface area contributed by atoms with Crippen LogP contribution in [0.3, 0.4) is 0 Å². The molecular weight excluding hydrogens is 337 g/mol. The first-order chi connectivity index (χ1) is 12.3. The number of rotatable bonds is 6. The number of halogens is 1. The lowest BCUT2D eigenvalue weighted by molar-refractivity contribution is 0.0523. The lowest BCUT2D eigenvalue weighted by Crippen LogP contribution is -2.30. The normalized spacial score (nSPS) is 11.0. The maximum absolute atomic E-state index is 13.4. The van der Waals surface area contributed by atoms with Crippen LogP contribution in [0.25, 0.3) is 11.1 Å². The second-order valence-electron chi connectivity index (χ2n) is 6.29. The highest BCUT2D eigenvalue weighted by molar-refractivity contribution is 5.99. The molecule has 6 heteroatoms. The van der Waals surface area contributed by atoms with E-state index in [4.69, 9.17) is 9.47 Å². The van der Waals surface area contributed by atoms with Crippen LogP contribution in [0.5, 0.6) is 0 Å². The van der Waals surface area contributed by atoms with Crippen LogP contribution in [0.2, 0.25) is 0 Å². The van der Waals surface area contributed by atoms with Crippen molar-refractivity contribution in [3.05, 3.63) is 57.3 Å². The molecule has 0 aliphatic carbocycles. The van der Waals surface area contributed by atoms with Crippen molar-refractivity contribution in [2.45, 2.75) is 33.3 Å². The summed E-state index contributed by atoms with van der Waals surface area (Å²) in [5.41, 5.74) is 2.01. The van der Waals surface area contributed by atoms with Gasteiger partial charge in [0.25, 0.3) is 5.56 Å². The van der Waals surface area contributed by atoms with Gasteiger partial charge in [-0.15, -0.1) is 0 Å². The molecule has 5 nitrogen and oxygen atoms in total. The fourth-order valence-corrected chi connectivity index (χ4v) is 3.16. The zero-order valence-corrected chi connectivity index (χ0v) is 15.8. The molecule has 0 spiro atoms. The Balaban J connectivity index is 2.97. The number of carbonyl (C=O) groups is 1. The molecule has 26 heavy (non-hydrogen) atoms. The van der Waals surface area contributed by atoms with E-state index in [2.05, 4.69) is 0 Å². The van der Waals surface area contributed by atoms with Gasteiger partial charge in [0.15, 0.2) is 0 Å². The van der Waals surface area contributed by atoms with E-state index >= 15 is 0 Å². The molecule has 2 rings (SSSR count). The van der Waals surface area contributed by atoms with Crippen molar-refractivity contribution in [1.82, 2.24) is 4.57 Å². The van der Waals surface area contributed by atoms with Crippen LogP contribution in [0.15, 0.2) is 29.1 Å². The highest BCUT2D eigenvalue weighted by atomic mass is 19.1. The third kappa shape index (κ3) is 3.70. The summed E-state index contributed by atoms with van der Waals surface area (Å²) in [5.74, 6) is -1.00. The number of hydrogen-bond donors (Lipinski definition) is 0. The second kappa shape index (κ2) is 8.27. The fourth-order valence-electron chi connectivity index (χ4n) is 3.16. The zero-order chi connectivity index (χ0) is 19.4. The Morgan fingerprint density at radius 2 is 1.85 bits per heavy atom. The van der Waals surface area contributed by atoms with Crippen LogP contribution in [-0.4, -0.2) is 24.3 Å². The smallest absolute Gasteiger partial charge is 0.340 e. The molecule has 0 atom stereocenters. The lowest BCUT2D eigenvalue weighted by Gasteiger charge is -2.22. The molecule has 1 heterocycles. The largest absolute Gasteiger partial charge is 0.462 e. The van der Waals surface area contributed by atoms with Crippen molar-refractivity contribution in [2.24, 2.45) is 7.05 Å². The predicted molar refractivity (Wildman–Crippen MR) is 97.8 cm³/mol. The van der Waals surface area contributed by atoms with Gasteiger partial charge in [-0.05, 0) is 30.5 Å². The molecule has 0 unspecified atom stereocenters. The molecule has 140 valence electrons. The maximum Gasteiger partial charge on any atom is 0.340 e. The third-order valence-corrected chi connectivity index (χ3v) is 4.18. The van der Waals surface area contributed by atoms with Gasteiger partial charge in [-0.2, -0.15) is 0 Å². The molecule has 0 amide bonds. The molecule has 0 bridgehead atoms. The SMILES string of the molecule is CCOC(=O)c1c(-c2ccc(F)cc2)c(COC)c(=O)n(C)c1C(C)C. The lowest BCUT2D eigenvalue weighted by atomic mass is 9.90. The van der Waals surface area contributed by atoms with Crippen molar-refractivity contribution in [1.29, 1.82) is 0 Å². The number of hydrogen-bond acceptors (Lipinski definition) is 4. The van der Waals surface area contributed by atoms with Crippen molar-refractivity contribution >= 4 is 5.97 Å². The molecule has 0 saturated heterocycles. The number of esters is 1. The minimum Gasteiger partial charge on any atom is -0.462 e. The highest BCUT2D eigenvalue weighted by Gasteiger charge is 2.28. The molecule has 2 aromatic rings. The molecule has 0 aliphatic rings. The molecule has 0 saturated carbocycles. The zero-order valence-electron chi connectivity index (χ0n) is 15.8. The van der Waals surface area contributed by atoms with Crippen LogP contribution in [0.1, 0.15) is 48.3 Å².